The van der Waals surface area contributed by atoms with Crippen LogP contribution in [-0.4, -0.2) is 49.0 Å². The minimum atomic E-state index is -0.220. The van der Waals surface area contributed by atoms with E-state index in [1.807, 2.05) is 67.6 Å². The highest BCUT2D eigenvalue weighted by Crippen LogP contribution is 2.22. The molecule has 1 N–H and O–H groups in total. The second-order valence-electron chi connectivity index (χ2n) is 7.11. The molecule has 2 heterocycles. The molecule has 0 unspecified atom stereocenters. The number of carbonyl (C=O) groups is 1. The Hall–Kier alpha value is -3.45. The number of aryl methyl sites for hydroxylation is 1. The summed E-state index contributed by atoms with van der Waals surface area (Å²) in [5.41, 5.74) is 3.40. The van der Waals surface area contributed by atoms with Gasteiger partial charge in [-0.15, -0.1) is 10.2 Å². The van der Waals surface area contributed by atoms with Crippen molar-refractivity contribution in [1.29, 1.82) is 0 Å². The molecule has 154 valence electrons. The summed E-state index contributed by atoms with van der Waals surface area (Å²) >= 11 is 0. The van der Waals surface area contributed by atoms with E-state index in [0.717, 1.165) is 35.7 Å². The van der Waals surface area contributed by atoms with Gasteiger partial charge in [-0.05, 0) is 48.9 Å². The van der Waals surface area contributed by atoms with Crippen molar-refractivity contribution >= 4 is 17.4 Å². The second kappa shape index (κ2) is 9.37. The lowest BCUT2D eigenvalue weighted by Gasteiger charge is -2.27. The first-order chi connectivity index (χ1) is 14.7. The molecule has 1 saturated heterocycles. The molecule has 3 aromatic rings. The van der Waals surface area contributed by atoms with Gasteiger partial charge in [0.25, 0.3) is 5.91 Å². The average Bonchev–Trinajstić information content (AvgIpc) is 2.79. The highest BCUT2D eigenvalue weighted by molar-refractivity contribution is 5.92. The third-order valence-corrected chi connectivity index (χ3v) is 4.79. The lowest BCUT2D eigenvalue weighted by atomic mass is 10.1. The van der Waals surface area contributed by atoms with Crippen LogP contribution >= 0.6 is 0 Å². The molecule has 0 atom stereocenters. The molecule has 7 heteroatoms. The smallest absolute Gasteiger partial charge is 0.262 e. The fourth-order valence-corrected chi connectivity index (χ4v) is 3.25. The Morgan fingerprint density at radius 3 is 2.67 bits per heavy atom. The van der Waals surface area contributed by atoms with Crippen molar-refractivity contribution in [2.45, 2.75) is 6.92 Å². The van der Waals surface area contributed by atoms with Crippen molar-refractivity contribution < 1.29 is 14.3 Å². The molecule has 30 heavy (non-hydrogen) atoms. The van der Waals surface area contributed by atoms with E-state index in [1.54, 1.807) is 0 Å². The quantitative estimate of drug-likeness (QED) is 0.679. The molecule has 0 spiro atoms. The first kappa shape index (κ1) is 19.8. The number of morpholine rings is 1. The summed E-state index contributed by atoms with van der Waals surface area (Å²) in [5.74, 6) is 1.30. The number of hydrogen-bond acceptors (Lipinski definition) is 6. The number of amides is 1. The van der Waals surface area contributed by atoms with Crippen LogP contribution < -0.4 is 15.0 Å². The topological polar surface area (TPSA) is 76.6 Å². The molecule has 1 aliphatic rings. The van der Waals surface area contributed by atoms with Gasteiger partial charge in [0.2, 0.25) is 0 Å². The van der Waals surface area contributed by atoms with E-state index in [9.17, 15) is 4.79 Å². The molecular formula is C23H24N4O3. The summed E-state index contributed by atoms with van der Waals surface area (Å²) in [6, 6.07) is 19.1. The number of benzene rings is 2. The van der Waals surface area contributed by atoms with Crippen LogP contribution in [0.25, 0.3) is 11.3 Å². The van der Waals surface area contributed by atoms with Crippen molar-refractivity contribution in [2.24, 2.45) is 0 Å². The van der Waals surface area contributed by atoms with Gasteiger partial charge in [0, 0.05) is 24.3 Å². The predicted molar refractivity (Wildman–Crippen MR) is 116 cm³/mol. The number of anilines is 2. The van der Waals surface area contributed by atoms with Crippen molar-refractivity contribution in [3.8, 4) is 17.0 Å². The van der Waals surface area contributed by atoms with Gasteiger partial charge >= 0.3 is 0 Å². The van der Waals surface area contributed by atoms with E-state index in [2.05, 4.69) is 20.4 Å². The van der Waals surface area contributed by atoms with Gasteiger partial charge in [0.15, 0.2) is 12.4 Å². The summed E-state index contributed by atoms with van der Waals surface area (Å²) in [5, 5.41) is 11.6. The third-order valence-electron chi connectivity index (χ3n) is 4.79. The van der Waals surface area contributed by atoms with Gasteiger partial charge in [0.05, 0.1) is 18.9 Å². The Balaban J connectivity index is 1.37. The number of hydrogen-bond donors (Lipinski definition) is 1. The number of rotatable bonds is 6. The number of carbonyl (C=O) groups excluding carboxylic acids is 1. The standard InChI is InChI=1S/C23H24N4O3/c1-17-4-2-7-20(14-17)30-16-23(28)24-19-6-3-5-18(15-19)21-8-9-22(26-25-21)27-10-12-29-13-11-27/h2-9,14-15H,10-13,16H2,1H3,(H,24,28). The minimum Gasteiger partial charge on any atom is -0.484 e. The van der Waals surface area contributed by atoms with E-state index in [1.165, 1.54) is 0 Å². The second-order valence-corrected chi connectivity index (χ2v) is 7.11. The summed E-state index contributed by atoms with van der Waals surface area (Å²) < 4.78 is 10.9. The number of ether oxygens (including phenoxy) is 2. The Morgan fingerprint density at radius 1 is 1.07 bits per heavy atom. The van der Waals surface area contributed by atoms with Crippen molar-refractivity contribution in [3.05, 3.63) is 66.2 Å². The zero-order valence-electron chi connectivity index (χ0n) is 16.9. The summed E-state index contributed by atoms with van der Waals surface area (Å²) in [6.07, 6.45) is 0. The zero-order valence-corrected chi connectivity index (χ0v) is 16.9. The van der Waals surface area contributed by atoms with Gasteiger partial charge in [-0.25, -0.2) is 0 Å². The minimum absolute atomic E-state index is 0.0538. The molecule has 0 saturated carbocycles. The number of nitrogens with zero attached hydrogens (tertiary/aromatic N) is 3. The Kier molecular flexibility index (Phi) is 6.20. The van der Waals surface area contributed by atoms with Crippen molar-refractivity contribution in [1.82, 2.24) is 10.2 Å². The molecule has 1 aromatic heterocycles. The maximum absolute atomic E-state index is 12.3. The molecule has 0 bridgehead atoms. The first-order valence-electron chi connectivity index (χ1n) is 9.93. The Morgan fingerprint density at radius 2 is 1.90 bits per heavy atom. The molecule has 1 amide bonds. The van der Waals surface area contributed by atoms with Crippen LogP contribution in [0.2, 0.25) is 0 Å². The maximum atomic E-state index is 12.3. The Bertz CT molecular complexity index is 1000. The molecular weight excluding hydrogens is 380 g/mol. The lowest BCUT2D eigenvalue weighted by Crippen LogP contribution is -2.36. The predicted octanol–water partition coefficient (Wildman–Crippen LogP) is 3.31. The van der Waals surface area contributed by atoms with Crippen LogP contribution in [0.5, 0.6) is 5.75 Å². The van der Waals surface area contributed by atoms with E-state index in [-0.39, 0.29) is 12.5 Å². The zero-order chi connectivity index (χ0) is 20.8. The number of aromatic nitrogens is 2. The third kappa shape index (κ3) is 5.12. The van der Waals surface area contributed by atoms with Crippen LogP contribution in [0.3, 0.4) is 0 Å². The number of nitrogens with one attached hydrogen (secondary N) is 1. The van der Waals surface area contributed by atoms with Gasteiger partial charge in [-0.3, -0.25) is 4.79 Å². The average molecular weight is 404 g/mol. The van der Waals surface area contributed by atoms with Crippen molar-refractivity contribution in [3.63, 3.8) is 0 Å². The summed E-state index contributed by atoms with van der Waals surface area (Å²) in [4.78, 5) is 14.4. The van der Waals surface area contributed by atoms with E-state index in [4.69, 9.17) is 9.47 Å². The van der Waals surface area contributed by atoms with Gasteiger partial charge < -0.3 is 19.7 Å². The SMILES string of the molecule is Cc1cccc(OCC(=O)Nc2cccc(-c3ccc(N4CCOCC4)nn3)c2)c1. The monoisotopic (exact) mass is 404 g/mol. The molecule has 4 rings (SSSR count). The van der Waals surface area contributed by atoms with Gasteiger partial charge in [-0.1, -0.05) is 24.3 Å². The van der Waals surface area contributed by atoms with Gasteiger partial charge in [-0.2, -0.15) is 0 Å². The van der Waals surface area contributed by atoms with E-state index < -0.39 is 0 Å². The summed E-state index contributed by atoms with van der Waals surface area (Å²) in [7, 11) is 0. The fraction of sp³-hybridized carbons (Fsp3) is 0.261. The van der Waals surface area contributed by atoms with Crippen molar-refractivity contribution in [2.75, 3.05) is 43.1 Å². The highest BCUT2D eigenvalue weighted by Gasteiger charge is 2.13. The first-order valence-corrected chi connectivity index (χ1v) is 9.93. The molecule has 7 nitrogen and oxygen atoms in total. The Labute approximate surface area is 175 Å². The fourth-order valence-electron chi connectivity index (χ4n) is 3.25. The van der Waals surface area contributed by atoms with Crippen LogP contribution in [0, 0.1) is 6.92 Å². The lowest BCUT2D eigenvalue weighted by molar-refractivity contribution is -0.118. The van der Waals surface area contributed by atoms with Crippen LogP contribution in [0.4, 0.5) is 11.5 Å². The molecule has 2 aromatic carbocycles. The highest BCUT2D eigenvalue weighted by atomic mass is 16.5. The largest absolute Gasteiger partial charge is 0.484 e. The van der Waals surface area contributed by atoms with E-state index >= 15 is 0 Å². The molecule has 0 aliphatic carbocycles. The van der Waals surface area contributed by atoms with Gasteiger partial charge in [0.1, 0.15) is 5.75 Å². The van der Waals surface area contributed by atoms with E-state index in [0.29, 0.717) is 24.7 Å². The van der Waals surface area contributed by atoms with Crippen LogP contribution in [0.15, 0.2) is 60.7 Å². The summed E-state index contributed by atoms with van der Waals surface area (Å²) in [6.45, 7) is 4.98. The maximum Gasteiger partial charge on any atom is 0.262 e. The molecule has 1 aliphatic heterocycles. The van der Waals surface area contributed by atoms with Crippen LogP contribution in [0.1, 0.15) is 5.56 Å². The normalized spacial score (nSPS) is 13.7. The molecule has 1 fully saturated rings. The van der Waals surface area contributed by atoms with Crippen LogP contribution in [-0.2, 0) is 9.53 Å². The molecule has 0 radical (unpaired) electrons.